The van der Waals surface area contributed by atoms with Gasteiger partial charge in [0.15, 0.2) is 5.76 Å². The Hall–Kier alpha value is -3.11. The summed E-state index contributed by atoms with van der Waals surface area (Å²) < 4.78 is 5.48. The standard InChI is InChI=1S/C21H15ClN2O2/c1-13-7-9-19(17(22)11-13)23-21(25)15-8-10-18-16(12-15)20(26-24-18)14-5-3-2-4-6-14/h2-12H,1H3,(H,23,25). The fourth-order valence-electron chi connectivity index (χ4n) is 2.80. The third kappa shape index (κ3) is 3.07. The van der Waals surface area contributed by atoms with Crippen molar-refractivity contribution < 1.29 is 9.32 Å². The highest BCUT2D eigenvalue weighted by Crippen LogP contribution is 2.30. The molecule has 1 heterocycles. The zero-order valence-electron chi connectivity index (χ0n) is 14.0. The molecule has 0 aliphatic heterocycles. The maximum atomic E-state index is 12.6. The average Bonchev–Trinajstić information content (AvgIpc) is 3.08. The van der Waals surface area contributed by atoms with Crippen LogP contribution in [0.15, 0.2) is 71.3 Å². The molecule has 5 heteroatoms. The third-order valence-corrected chi connectivity index (χ3v) is 4.46. The second-order valence-electron chi connectivity index (χ2n) is 6.05. The Morgan fingerprint density at radius 1 is 1.04 bits per heavy atom. The minimum atomic E-state index is -0.238. The molecular weight excluding hydrogens is 348 g/mol. The first-order valence-corrected chi connectivity index (χ1v) is 8.52. The van der Waals surface area contributed by atoms with Gasteiger partial charge < -0.3 is 9.84 Å². The van der Waals surface area contributed by atoms with Crippen LogP contribution in [0.2, 0.25) is 5.02 Å². The summed E-state index contributed by atoms with van der Waals surface area (Å²) in [5.41, 5.74) is 3.74. The van der Waals surface area contributed by atoms with E-state index in [1.54, 1.807) is 24.3 Å². The highest BCUT2D eigenvalue weighted by Gasteiger charge is 2.14. The number of carbonyl (C=O) groups is 1. The van der Waals surface area contributed by atoms with Crippen molar-refractivity contribution in [2.24, 2.45) is 0 Å². The number of halogens is 1. The SMILES string of the molecule is Cc1ccc(NC(=O)c2ccc3noc(-c4ccccc4)c3c2)c(Cl)c1. The summed E-state index contributed by atoms with van der Waals surface area (Å²) in [6.07, 6.45) is 0. The fourth-order valence-corrected chi connectivity index (χ4v) is 3.08. The lowest BCUT2D eigenvalue weighted by atomic mass is 10.1. The molecule has 0 atom stereocenters. The first-order valence-electron chi connectivity index (χ1n) is 8.14. The lowest BCUT2D eigenvalue weighted by molar-refractivity contribution is 0.102. The number of benzene rings is 3. The van der Waals surface area contributed by atoms with E-state index in [0.717, 1.165) is 16.5 Å². The highest BCUT2D eigenvalue weighted by atomic mass is 35.5. The van der Waals surface area contributed by atoms with Gasteiger partial charge in [-0.2, -0.15) is 0 Å². The molecule has 4 aromatic rings. The molecule has 0 aliphatic carbocycles. The van der Waals surface area contributed by atoms with Gasteiger partial charge in [-0.15, -0.1) is 0 Å². The van der Waals surface area contributed by atoms with E-state index < -0.39 is 0 Å². The zero-order chi connectivity index (χ0) is 18.1. The van der Waals surface area contributed by atoms with Crippen LogP contribution in [-0.2, 0) is 0 Å². The Bertz CT molecular complexity index is 1100. The van der Waals surface area contributed by atoms with Gasteiger partial charge in [0.1, 0.15) is 5.52 Å². The van der Waals surface area contributed by atoms with Crippen molar-refractivity contribution in [3.05, 3.63) is 82.9 Å². The second kappa shape index (κ2) is 6.65. The van der Waals surface area contributed by atoms with Crippen LogP contribution in [0, 0.1) is 6.92 Å². The van der Waals surface area contributed by atoms with E-state index in [1.807, 2.05) is 49.4 Å². The van der Waals surface area contributed by atoms with Crippen LogP contribution in [0.4, 0.5) is 5.69 Å². The number of anilines is 1. The zero-order valence-corrected chi connectivity index (χ0v) is 14.7. The number of carbonyl (C=O) groups excluding carboxylic acids is 1. The van der Waals surface area contributed by atoms with Crippen LogP contribution in [0.5, 0.6) is 0 Å². The molecule has 0 saturated heterocycles. The summed E-state index contributed by atoms with van der Waals surface area (Å²) in [4.78, 5) is 12.6. The Morgan fingerprint density at radius 2 is 1.85 bits per heavy atom. The minimum Gasteiger partial charge on any atom is -0.355 e. The van der Waals surface area contributed by atoms with E-state index in [-0.39, 0.29) is 5.91 Å². The Morgan fingerprint density at radius 3 is 2.62 bits per heavy atom. The number of hydrogen-bond acceptors (Lipinski definition) is 3. The number of amides is 1. The van der Waals surface area contributed by atoms with E-state index in [9.17, 15) is 4.79 Å². The summed E-state index contributed by atoms with van der Waals surface area (Å²) >= 11 is 6.20. The molecule has 26 heavy (non-hydrogen) atoms. The molecule has 0 bridgehead atoms. The van der Waals surface area contributed by atoms with Gasteiger partial charge >= 0.3 is 0 Å². The molecule has 1 aromatic heterocycles. The first-order chi connectivity index (χ1) is 12.6. The molecule has 0 aliphatic rings. The van der Waals surface area contributed by atoms with Crippen molar-refractivity contribution in [1.82, 2.24) is 5.16 Å². The first kappa shape index (κ1) is 16.4. The van der Waals surface area contributed by atoms with Gasteiger partial charge in [0.25, 0.3) is 5.91 Å². The number of rotatable bonds is 3. The normalized spacial score (nSPS) is 10.8. The lowest BCUT2D eigenvalue weighted by Crippen LogP contribution is -2.12. The summed E-state index contributed by atoms with van der Waals surface area (Å²) in [6, 6.07) is 20.5. The van der Waals surface area contributed by atoms with Crippen molar-refractivity contribution in [1.29, 1.82) is 0 Å². The number of aromatic nitrogens is 1. The number of nitrogens with zero attached hydrogens (tertiary/aromatic N) is 1. The highest BCUT2D eigenvalue weighted by molar-refractivity contribution is 6.34. The van der Waals surface area contributed by atoms with Crippen molar-refractivity contribution >= 4 is 34.1 Å². The fraction of sp³-hybridized carbons (Fsp3) is 0.0476. The Labute approximate surface area is 155 Å². The Kier molecular flexibility index (Phi) is 4.19. The predicted molar refractivity (Wildman–Crippen MR) is 104 cm³/mol. The van der Waals surface area contributed by atoms with E-state index in [2.05, 4.69) is 10.5 Å². The molecule has 0 spiro atoms. The topological polar surface area (TPSA) is 55.1 Å². The van der Waals surface area contributed by atoms with Crippen LogP contribution in [-0.4, -0.2) is 11.1 Å². The number of hydrogen-bond donors (Lipinski definition) is 1. The largest absolute Gasteiger partial charge is 0.355 e. The molecule has 0 radical (unpaired) electrons. The molecule has 4 rings (SSSR count). The van der Waals surface area contributed by atoms with Crippen molar-refractivity contribution in [3.8, 4) is 11.3 Å². The van der Waals surface area contributed by atoms with Gasteiger partial charge in [-0.05, 0) is 42.8 Å². The molecule has 128 valence electrons. The third-order valence-electron chi connectivity index (χ3n) is 4.15. The summed E-state index contributed by atoms with van der Waals surface area (Å²) in [7, 11) is 0. The molecule has 4 nitrogen and oxygen atoms in total. The number of aryl methyl sites for hydroxylation is 1. The van der Waals surface area contributed by atoms with E-state index in [0.29, 0.717) is 27.6 Å². The molecule has 0 saturated carbocycles. The monoisotopic (exact) mass is 362 g/mol. The van der Waals surface area contributed by atoms with Crippen LogP contribution < -0.4 is 5.32 Å². The van der Waals surface area contributed by atoms with E-state index in [1.165, 1.54) is 0 Å². The van der Waals surface area contributed by atoms with Crippen LogP contribution in [0.25, 0.3) is 22.2 Å². The summed E-state index contributed by atoms with van der Waals surface area (Å²) in [5, 5.41) is 8.22. The van der Waals surface area contributed by atoms with Crippen molar-refractivity contribution in [2.45, 2.75) is 6.92 Å². The van der Waals surface area contributed by atoms with Crippen LogP contribution in [0.3, 0.4) is 0 Å². The summed E-state index contributed by atoms with van der Waals surface area (Å²) in [6.45, 7) is 1.95. The van der Waals surface area contributed by atoms with Gasteiger partial charge in [0.2, 0.25) is 0 Å². The molecular formula is C21H15ClN2O2. The van der Waals surface area contributed by atoms with Gasteiger partial charge in [0, 0.05) is 11.1 Å². The lowest BCUT2D eigenvalue weighted by Gasteiger charge is -2.08. The molecule has 1 N–H and O–H groups in total. The quantitative estimate of drug-likeness (QED) is 0.508. The molecule has 3 aromatic carbocycles. The minimum absolute atomic E-state index is 0.238. The maximum absolute atomic E-state index is 12.6. The second-order valence-corrected chi connectivity index (χ2v) is 6.45. The van der Waals surface area contributed by atoms with Crippen molar-refractivity contribution in [3.63, 3.8) is 0 Å². The summed E-state index contributed by atoms with van der Waals surface area (Å²) in [5.74, 6) is 0.404. The number of fused-ring (bicyclic) bond motifs is 1. The molecule has 0 fully saturated rings. The van der Waals surface area contributed by atoms with Crippen LogP contribution >= 0.6 is 11.6 Å². The maximum Gasteiger partial charge on any atom is 0.255 e. The van der Waals surface area contributed by atoms with Gasteiger partial charge in [-0.3, -0.25) is 4.79 Å². The van der Waals surface area contributed by atoms with Gasteiger partial charge in [0.05, 0.1) is 16.1 Å². The molecule has 0 unspecified atom stereocenters. The molecule has 1 amide bonds. The Balaban J connectivity index is 1.69. The van der Waals surface area contributed by atoms with Gasteiger partial charge in [-0.1, -0.05) is 53.2 Å². The average molecular weight is 363 g/mol. The van der Waals surface area contributed by atoms with Crippen molar-refractivity contribution in [2.75, 3.05) is 5.32 Å². The number of nitrogens with one attached hydrogen (secondary N) is 1. The predicted octanol–water partition coefficient (Wildman–Crippen LogP) is 5.71. The van der Waals surface area contributed by atoms with E-state index >= 15 is 0 Å². The van der Waals surface area contributed by atoms with Crippen LogP contribution in [0.1, 0.15) is 15.9 Å². The smallest absolute Gasteiger partial charge is 0.255 e. The van der Waals surface area contributed by atoms with E-state index in [4.69, 9.17) is 16.1 Å². The van der Waals surface area contributed by atoms with Gasteiger partial charge in [-0.25, -0.2) is 0 Å².